The minimum absolute atomic E-state index is 0.00379. The first-order valence-electron chi connectivity index (χ1n) is 4.83. The summed E-state index contributed by atoms with van der Waals surface area (Å²) < 4.78 is 18.7. The molecule has 0 radical (unpaired) electrons. The van der Waals surface area contributed by atoms with Gasteiger partial charge in [0, 0.05) is 16.5 Å². The summed E-state index contributed by atoms with van der Waals surface area (Å²) in [5.41, 5.74) is 0.651. The molecule has 0 amide bonds. The summed E-state index contributed by atoms with van der Waals surface area (Å²) in [4.78, 5) is -0.00379. The van der Waals surface area contributed by atoms with Gasteiger partial charge in [0.2, 0.25) is 0 Å². The summed E-state index contributed by atoms with van der Waals surface area (Å²) in [5, 5.41) is 0. The number of alkyl halides is 1. The van der Waals surface area contributed by atoms with E-state index in [1.807, 2.05) is 0 Å². The van der Waals surface area contributed by atoms with Crippen molar-refractivity contribution >= 4 is 15.9 Å². The number of hydrogen-bond donors (Lipinski definition) is 0. The predicted octanol–water partition coefficient (Wildman–Crippen LogP) is 4.32. The van der Waals surface area contributed by atoms with Crippen molar-refractivity contribution in [2.75, 3.05) is 7.11 Å². The van der Waals surface area contributed by atoms with Crippen LogP contribution in [0.5, 0.6) is 5.75 Å². The monoisotopic (exact) mass is 274 g/mol. The van der Waals surface area contributed by atoms with Crippen LogP contribution in [0.4, 0.5) is 4.39 Å². The Morgan fingerprint density at radius 3 is 2.33 bits per heavy atom. The molecular weight excluding hydrogens is 259 g/mol. The highest BCUT2D eigenvalue weighted by atomic mass is 79.9. The van der Waals surface area contributed by atoms with Gasteiger partial charge in [-0.2, -0.15) is 0 Å². The summed E-state index contributed by atoms with van der Waals surface area (Å²) >= 11 is 3.52. The molecule has 84 valence electrons. The molecule has 1 rings (SSSR count). The van der Waals surface area contributed by atoms with Crippen molar-refractivity contribution in [3.63, 3.8) is 0 Å². The molecule has 0 spiro atoms. The lowest BCUT2D eigenvalue weighted by atomic mass is 9.88. The van der Waals surface area contributed by atoms with Gasteiger partial charge in [-0.1, -0.05) is 42.8 Å². The number of halogens is 2. The number of rotatable bonds is 2. The van der Waals surface area contributed by atoms with E-state index >= 15 is 0 Å². The summed E-state index contributed by atoms with van der Waals surface area (Å²) in [5.74, 6) is 0.316. The second-order valence-corrected chi connectivity index (χ2v) is 5.53. The van der Waals surface area contributed by atoms with E-state index in [2.05, 4.69) is 36.7 Å². The zero-order valence-corrected chi connectivity index (χ0v) is 11.1. The Morgan fingerprint density at radius 1 is 1.33 bits per heavy atom. The molecule has 0 aliphatic rings. The Labute approximate surface area is 98.8 Å². The minimum Gasteiger partial charge on any atom is -0.497 e. The van der Waals surface area contributed by atoms with Crippen LogP contribution in [0.1, 0.15) is 31.2 Å². The van der Waals surface area contributed by atoms with Gasteiger partial charge in [-0.3, -0.25) is 0 Å². The van der Waals surface area contributed by atoms with Crippen molar-refractivity contribution in [3.8, 4) is 5.75 Å². The predicted molar refractivity (Wildman–Crippen MR) is 64.1 cm³/mol. The van der Waals surface area contributed by atoms with Crippen LogP contribution in [0, 0.1) is 11.2 Å². The molecule has 0 fully saturated rings. The first-order chi connectivity index (χ1) is 6.86. The Hall–Kier alpha value is -0.570. The molecule has 0 saturated heterocycles. The lowest BCUT2D eigenvalue weighted by Crippen LogP contribution is -2.14. The molecule has 15 heavy (non-hydrogen) atoms. The number of methoxy groups -OCH3 is 1. The molecule has 0 N–H and O–H groups in total. The van der Waals surface area contributed by atoms with E-state index in [4.69, 9.17) is 4.74 Å². The van der Waals surface area contributed by atoms with E-state index < -0.39 is 0 Å². The van der Waals surface area contributed by atoms with Gasteiger partial charge in [0.25, 0.3) is 0 Å². The van der Waals surface area contributed by atoms with Gasteiger partial charge in [0.1, 0.15) is 11.6 Å². The lowest BCUT2D eigenvalue weighted by Gasteiger charge is -2.26. The van der Waals surface area contributed by atoms with Crippen LogP contribution in [0.3, 0.4) is 0 Å². The fraction of sp³-hybridized carbons (Fsp3) is 0.500. The highest BCUT2D eigenvalue weighted by Crippen LogP contribution is 2.41. The van der Waals surface area contributed by atoms with E-state index in [1.165, 1.54) is 13.2 Å². The molecule has 0 aliphatic carbocycles. The summed E-state index contributed by atoms with van der Waals surface area (Å²) in [6.45, 7) is 6.20. The Balaban J connectivity index is 3.06. The number of ether oxygens (including phenoxy) is 1. The molecule has 1 aromatic carbocycles. The van der Waals surface area contributed by atoms with E-state index in [1.54, 1.807) is 12.1 Å². The van der Waals surface area contributed by atoms with E-state index in [9.17, 15) is 4.39 Å². The van der Waals surface area contributed by atoms with Crippen molar-refractivity contribution < 1.29 is 9.13 Å². The largest absolute Gasteiger partial charge is 0.497 e. The Kier molecular flexibility index (Phi) is 3.77. The highest BCUT2D eigenvalue weighted by molar-refractivity contribution is 9.09. The molecule has 0 saturated carbocycles. The van der Waals surface area contributed by atoms with Gasteiger partial charge in [-0.05, 0) is 11.5 Å². The van der Waals surface area contributed by atoms with Gasteiger partial charge in [0.15, 0.2) is 0 Å². The minimum atomic E-state index is -0.230. The maximum Gasteiger partial charge on any atom is 0.131 e. The molecule has 1 atom stereocenters. The summed E-state index contributed by atoms with van der Waals surface area (Å²) in [6.07, 6.45) is 0. The van der Waals surface area contributed by atoms with Crippen molar-refractivity contribution in [3.05, 3.63) is 29.6 Å². The second-order valence-electron chi connectivity index (χ2n) is 4.62. The topological polar surface area (TPSA) is 9.23 Å². The quantitative estimate of drug-likeness (QED) is 0.730. The smallest absolute Gasteiger partial charge is 0.131 e. The molecule has 1 nitrogen and oxygen atoms in total. The molecule has 3 heteroatoms. The maximum atomic E-state index is 13.7. The van der Waals surface area contributed by atoms with Gasteiger partial charge < -0.3 is 4.74 Å². The molecule has 1 unspecified atom stereocenters. The third-order valence-corrected chi connectivity index (χ3v) is 4.11. The molecule has 0 bridgehead atoms. The number of benzene rings is 1. The SMILES string of the molecule is COc1ccc(C(Br)C(C)(C)C)c(F)c1. The maximum absolute atomic E-state index is 13.7. The lowest BCUT2D eigenvalue weighted by molar-refractivity contribution is 0.392. The molecule has 0 heterocycles. The highest BCUT2D eigenvalue weighted by Gasteiger charge is 2.25. The van der Waals surface area contributed by atoms with Crippen LogP contribution in [0.25, 0.3) is 0 Å². The van der Waals surface area contributed by atoms with Gasteiger partial charge in [-0.15, -0.1) is 0 Å². The van der Waals surface area contributed by atoms with E-state index in [0.717, 1.165) is 0 Å². The summed E-state index contributed by atoms with van der Waals surface area (Å²) in [6, 6.07) is 4.95. The number of hydrogen-bond acceptors (Lipinski definition) is 1. The fourth-order valence-electron chi connectivity index (χ4n) is 1.31. The van der Waals surface area contributed by atoms with Crippen LogP contribution in [-0.4, -0.2) is 7.11 Å². The standard InChI is InChI=1S/C12H16BrFO/c1-12(2,3)11(13)9-6-5-8(15-4)7-10(9)14/h5-7,11H,1-4H3. The second kappa shape index (κ2) is 4.52. The van der Waals surface area contributed by atoms with Crippen molar-refractivity contribution in [1.29, 1.82) is 0 Å². The van der Waals surface area contributed by atoms with Crippen LogP contribution >= 0.6 is 15.9 Å². The van der Waals surface area contributed by atoms with Gasteiger partial charge in [-0.25, -0.2) is 4.39 Å². The van der Waals surface area contributed by atoms with Crippen LogP contribution in [0.15, 0.2) is 18.2 Å². The molecule has 1 aromatic rings. The third kappa shape index (κ3) is 2.94. The van der Waals surface area contributed by atoms with Crippen molar-refractivity contribution in [2.45, 2.75) is 25.6 Å². The first-order valence-corrected chi connectivity index (χ1v) is 5.75. The average Bonchev–Trinajstić information content (AvgIpc) is 2.15. The van der Waals surface area contributed by atoms with Crippen LogP contribution < -0.4 is 4.74 Å². The van der Waals surface area contributed by atoms with Crippen molar-refractivity contribution in [1.82, 2.24) is 0 Å². The Morgan fingerprint density at radius 2 is 1.93 bits per heavy atom. The van der Waals surface area contributed by atoms with E-state index in [-0.39, 0.29) is 16.1 Å². The van der Waals surface area contributed by atoms with Gasteiger partial charge >= 0.3 is 0 Å². The Bertz CT molecular complexity index is 344. The van der Waals surface area contributed by atoms with Crippen molar-refractivity contribution in [2.24, 2.45) is 5.41 Å². The van der Waals surface area contributed by atoms with Gasteiger partial charge in [0.05, 0.1) is 7.11 Å². The summed E-state index contributed by atoms with van der Waals surface area (Å²) in [7, 11) is 1.53. The van der Waals surface area contributed by atoms with Crippen LogP contribution in [-0.2, 0) is 0 Å². The molecular formula is C12H16BrFO. The molecule has 0 aliphatic heterocycles. The average molecular weight is 275 g/mol. The zero-order chi connectivity index (χ0) is 11.6. The third-order valence-electron chi connectivity index (χ3n) is 2.24. The van der Waals surface area contributed by atoms with E-state index in [0.29, 0.717) is 11.3 Å². The normalized spacial score (nSPS) is 13.7. The first kappa shape index (κ1) is 12.5. The molecule has 0 aromatic heterocycles. The zero-order valence-electron chi connectivity index (χ0n) is 9.47. The fourth-order valence-corrected chi connectivity index (χ4v) is 1.68. The van der Waals surface area contributed by atoms with Crippen LogP contribution in [0.2, 0.25) is 0 Å².